The van der Waals surface area contributed by atoms with Crippen molar-refractivity contribution in [2.24, 2.45) is 23.2 Å². The van der Waals surface area contributed by atoms with Crippen molar-refractivity contribution in [3.8, 4) is 0 Å². The Morgan fingerprint density at radius 3 is 1.50 bits per heavy atom. The van der Waals surface area contributed by atoms with Gasteiger partial charge in [0.05, 0.1) is 11.3 Å². The molecule has 258 valence electrons. The highest BCUT2D eigenvalue weighted by molar-refractivity contribution is 8.07. The van der Waals surface area contributed by atoms with Crippen molar-refractivity contribution in [3.05, 3.63) is 56.1 Å². The number of aliphatic carboxylic acids is 2. The van der Waals surface area contributed by atoms with Gasteiger partial charge in [-0.2, -0.15) is 0 Å². The lowest BCUT2D eigenvalue weighted by atomic mass is 9.87. The lowest BCUT2D eigenvalue weighted by Crippen LogP contribution is -2.23. The molecule has 4 nitrogen and oxygen atoms in total. The fourth-order valence-electron chi connectivity index (χ4n) is 3.65. The van der Waals surface area contributed by atoms with Crippen LogP contribution in [-0.4, -0.2) is 22.2 Å². The van der Waals surface area contributed by atoms with Crippen LogP contribution in [0.1, 0.15) is 149 Å². The van der Waals surface area contributed by atoms with Gasteiger partial charge < -0.3 is 10.2 Å². The van der Waals surface area contributed by atoms with Crippen molar-refractivity contribution in [2.75, 3.05) is 0 Å². The van der Waals surface area contributed by atoms with Crippen molar-refractivity contribution in [3.63, 3.8) is 0 Å². The van der Waals surface area contributed by atoms with Crippen LogP contribution in [0.15, 0.2) is 56.1 Å². The predicted octanol–water partition coefficient (Wildman–Crippen LogP) is 13.5. The first kappa shape index (κ1) is 49.2. The van der Waals surface area contributed by atoms with Gasteiger partial charge in [0, 0.05) is 9.81 Å². The van der Waals surface area contributed by atoms with Crippen molar-refractivity contribution in [1.82, 2.24) is 0 Å². The molecule has 0 amide bonds. The van der Waals surface area contributed by atoms with E-state index in [4.69, 9.17) is 5.11 Å². The van der Waals surface area contributed by atoms with E-state index in [9.17, 15) is 14.7 Å². The summed E-state index contributed by atoms with van der Waals surface area (Å²) in [5.74, 6) is -0.630. The molecule has 2 aliphatic heterocycles. The zero-order valence-electron chi connectivity index (χ0n) is 31.2. The van der Waals surface area contributed by atoms with E-state index in [0.29, 0.717) is 11.8 Å². The van der Waals surface area contributed by atoms with Crippen LogP contribution in [0.2, 0.25) is 0 Å². The highest BCUT2D eigenvalue weighted by atomic mass is 32.2. The molecule has 0 aromatic heterocycles. The van der Waals surface area contributed by atoms with E-state index in [1.165, 1.54) is 32.5 Å². The van der Waals surface area contributed by atoms with Crippen LogP contribution in [0.5, 0.6) is 0 Å². The van der Waals surface area contributed by atoms with Gasteiger partial charge in [-0.05, 0) is 79.7 Å². The molecule has 2 N–H and O–H groups in total. The fourth-order valence-corrected chi connectivity index (χ4v) is 6.21. The molecule has 2 aliphatic rings. The van der Waals surface area contributed by atoms with Gasteiger partial charge >= 0.3 is 11.9 Å². The predicted molar refractivity (Wildman–Crippen MR) is 202 cm³/mol. The summed E-state index contributed by atoms with van der Waals surface area (Å²) in [4.78, 5) is 26.8. The zero-order chi connectivity index (χ0) is 35.3. The highest BCUT2D eigenvalue weighted by Gasteiger charge is 2.26. The summed E-state index contributed by atoms with van der Waals surface area (Å²) in [6.07, 6.45) is 20.8. The van der Waals surface area contributed by atoms with E-state index in [1.54, 1.807) is 6.92 Å². The minimum Gasteiger partial charge on any atom is -0.481 e. The molecule has 6 heteroatoms. The number of allylic oxidation sites excluding steroid dienone is 8. The molecule has 3 unspecified atom stereocenters. The number of hydrogen-bond acceptors (Lipinski definition) is 4. The number of carboxylic acid groups (broad SMARTS) is 2. The molecule has 0 fully saturated rings. The van der Waals surface area contributed by atoms with Crippen LogP contribution < -0.4 is 0 Å². The summed E-state index contributed by atoms with van der Waals surface area (Å²) in [5, 5.41) is 17.4. The summed E-state index contributed by atoms with van der Waals surface area (Å²) in [5.41, 5.74) is -0.622. The average Bonchev–Trinajstić information content (AvgIpc) is 3.02. The monoisotopic (exact) mass is 654 g/mol. The Kier molecular flexibility index (Phi) is 35.0. The van der Waals surface area contributed by atoms with Gasteiger partial charge in [0.1, 0.15) is 0 Å². The van der Waals surface area contributed by atoms with Gasteiger partial charge in [-0.3, -0.25) is 9.59 Å². The van der Waals surface area contributed by atoms with E-state index in [1.807, 2.05) is 99.7 Å². The van der Waals surface area contributed by atoms with Gasteiger partial charge in [-0.1, -0.05) is 151 Å². The molecule has 0 bridgehead atoms. The SMILES string of the molecule is CC.CC.CC.CC.CCC(C)C(=O)O.CCCC1=CC(C)C=C(/C=C\C2=CC(C)C=C(CCCCC(C)(C)C(=O)O)S2)S1. The standard InChI is InChI=1S/C25H36O2S2.C5H10O2.4C2H6/c1-6-9-20-14-18(2)16-22(28-20)11-12-23-17-19(3)15-21(29-23)10-7-8-13-25(4,5)24(26)27;1-3-4(2)5(6)7;4*1-2/h11-12,14-19H,6-10,13H2,1-5H3,(H,26,27);4H,3H2,1-2H3,(H,6,7);4*1-2H3/b12-11-;;;;;. The van der Waals surface area contributed by atoms with Crippen molar-refractivity contribution < 1.29 is 19.8 Å². The first-order valence-electron chi connectivity index (χ1n) is 17.2. The summed E-state index contributed by atoms with van der Waals surface area (Å²) in [7, 11) is 0. The molecular weight excluding hydrogens is 585 g/mol. The Morgan fingerprint density at radius 1 is 0.773 bits per heavy atom. The van der Waals surface area contributed by atoms with Crippen LogP contribution in [0.4, 0.5) is 0 Å². The molecule has 0 radical (unpaired) electrons. The highest BCUT2D eigenvalue weighted by Crippen LogP contribution is 2.39. The van der Waals surface area contributed by atoms with Crippen LogP contribution in [0.25, 0.3) is 0 Å². The van der Waals surface area contributed by atoms with Crippen LogP contribution in [0, 0.1) is 23.2 Å². The Bertz CT molecular complexity index is 895. The van der Waals surface area contributed by atoms with E-state index < -0.39 is 17.4 Å². The minimum atomic E-state index is -0.706. The molecule has 0 saturated heterocycles. The number of hydrogen-bond donors (Lipinski definition) is 2. The smallest absolute Gasteiger partial charge is 0.309 e. The third-order valence-corrected chi connectivity index (χ3v) is 8.47. The van der Waals surface area contributed by atoms with E-state index >= 15 is 0 Å². The number of carbonyl (C=O) groups is 2. The number of rotatable bonds is 12. The van der Waals surface area contributed by atoms with Gasteiger partial charge in [-0.25, -0.2) is 0 Å². The second-order valence-electron chi connectivity index (χ2n) is 10.5. The van der Waals surface area contributed by atoms with E-state index in [0.717, 1.165) is 32.1 Å². The maximum absolute atomic E-state index is 11.2. The summed E-state index contributed by atoms with van der Waals surface area (Å²) >= 11 is 3.78. The first-order valence-corrected chi connectivity index (χ1v) is 18.9. The lowest BCUT2D eigenvalue weighted by Gasteiger charge is -2.20. The molecule has 44 heavy (non-hydrogen) atoms. The van der Waals surface area contributed by atoms with Crippen LogP contribution in [-0.2, 0) is 9.59 Å². The summed E-state index contributed by atoms with van der Waals surface area (Å²) in [6, 6.07) is 0. The van der Waals surface area contributed by atoms with Gasteiger partial charge in [-0.15, -0.1) is 0 Å². The van der Waals surface area contributed by atoms with Gasteiger partial charge in [0.15, 0.2) is 0 Å². The Labute approximate surface area is 282 Å². The quantitative estimate of drug-likeness (QED) is 0.204. The summed E-state index contributed by atoms with van der Waals surface area (Å²) in [6.45, 7) is 29.9. The Morgan fingerprint density at radius 2 is 1.18 bits per heavy atom. The second-order valence-corrected chi connectivity index (χ2v) is 12.9. The van der Waals surface area contributed by atoms with E-state index in [2.05, 4.69) is 57.2 Å². The molecule has 0 saturated carbocycles. The molecule has 0 aromatic carbocycles. The van der Waals surface area contributed by atoms with Crippen LogP contribution >= 0.6 is 23.5 Å². The Balaban J connectivity index is -0.000000451. The first-order chi connectivity index (χ1) is 20.9. The van der Waals surface area contributed by atoms with Gasteiger partial charge in [0.2, 0.25) is 0 Å². The third kappa shape index (κ3) is 24.6. The largest absolute Gasteiger partial charge is 0.481 e. The van der Waals surface area contributed by atoms with Gasteiger partial charge in [0.25, 0.3) is 0 Å². The number of thioether (sulfide) groups is 2. The second kappa shape index (κ2) is 31.3. The average molecular weight is 655 g/mol. The minimum absolute atomic E-state index is 0.181. The molecule has 3 atom stereocenters. The number of carboxylic acids is 2. The molecule has 2 rings (SSSR count). The molecular formula is C38H70O4S2. The van der Waals surface area contributed by atoms with E-state index in [-0.39, 0.29) is 5.92 Å². The fraction of sp³-hybridized carbons (Fsp3) is 0.684. The van der Waals surface area contributed by atoms with Crippen molar-refractivity contribution >= 4 is 35.5 Å². The van der Waals surface area contributed by atoms with Crippen LogP contribution in [0.3, 0.4) is 0 Å². The normalized spacial score (nSPS) is 17.7. The summed E-state index contributed by atoms with van der Waals surface area (Å²) < 4.78 is 0. The maximum atomic E-state index is 11.2. The molecule has 0 spiro atoms. The lowest BCUT2D eigenvalue weighted by molar-refractivity contribution is -0.147. The van der Waals surface area contributed by atoms with Crippen molar-refractivity contribution in [2.45, 2.75) is 149 Å². The topological polar surface area (TPSA) is 74.6 Å². The maximum Gasteiger partial charge on any atom is 0.309 e. The zero-order valence-corrected chi connectivity index (χ0v) is 32.8. The Hall–Kier alpha value is -1.66. The molecule has 2 heterocycles. The molecule has 0 aliphatic carbocycles. The number of unbranched alkanes of at least 4 members (excludes halogenated alkanes) is 1. The third-order valence-electron chi connectivity index (χ3n) is 6.25. The van der Waals surface area contributed by atoms with Crippen molar-refractivity contribution in [1.29, 1.82) is 0 Å². The molecule has 0 aromatic rings.